The lowest BCUT2D eigenvalue weighted by Crippen LogP contribution is -2.37. The second-order valence-corrected chi connectivity index (χ2v) is 6.72. The first kappa shape index (κ1) is 18.2. The van der Waals surface area contributed by atoms with Crippen LogP contribution in [0.4, 0.5) is 11.4 Å². The van der Waals surface area contributed by atoms with Crippen molar-refractivity contribution in [3.8, 4) is 0 Å². The summed E-state index contributed by atoms with van der Waals surface area (Å²) in [7, 11) is 1.21. The third-order valence-electron chi connectivity index (χ3n) is 4.51. The highest BCUT2D eigenvalue weighted by atomic mass is 35.5. The Hall–Kier alpha value is -2.61. The number of aromatic nitrogens is 2. The maximum absolute atomic E-state index is 11.8. The van der Waals surface area contributed by atoms with Gasteiger partial charge in [0.25, 0.3) is 5.69 Å². The number of esters is 1. The van der Waals surface area contributed by atoms with E-state index < -0.39 is 10.9 Å². The Kier molecular flexibility index (Phi) is 5.13. The lowest BCUT2D eigenvalue weighted by atomic mass is 10.0. The van der Waals surface area contributed by atoms with Gasteiger partial charge in [0.2, 0.25) is 0 Å². The van der Waals surface area contributed by atoms with Crippen molar-refractivity contribution in [1.82, 2.24) is 9.78 Å². The molecule has 26 heavy (non-hydrogen) atoms. The maximum Gasteiger partial charge on any atom is 0.339 e. The van der Waals surface area contributed by atoms with Gasteiger partial charge in [0.15, 0.2) is 0 Å². The van der Waals surface area contributed by atoms with E-state index in [0.29, 0.717) is 18.8 Å². The number of carbonyl (C=O) groups excluding carboxylic acids is 1. The SMILES string of the molecule is COC(=O)c1cc([N+](=O)[O-])c(N2CCCC(n3cc(C)cn3)C2)cc1Cl. The Morgan fingerprint density at radius 3 is 2.85 bits per heavy atom. The lowest BCUT2D eigenvalue weighted by molar-refractivity contribution is -0.384. The summed E-state index contributed by atoms with van der Waals surface area (Å²) in [5, 5.41) is 16.1. The van der Waals surface area contributed by atoms with E-state index in [1.807, 2.05) is 22.7 Å². The molecule has 0 radical (unpaired) electrons. The van der Waals surface area contributed by atoms with Crippen LogP contribution in [-0.4, -0.2) is 40.9 Å². The van der Waals surface area contributed by atoms with Crippen molar-refractivity contribution in [2.45, 2.75) is 25.8 Å². The lowest BCUT2D eigenvalue weighted by Gasteiger charge is -2.34. The fraction of sp³-hybridized carbons (Fsp3) is 0.412. The number of rotatable bonds is 4. The third kappa shape index (κ3) is 3.50. The van der Waals surface area contributed by atoms with E-state index in [2.05, 4.69) is 9.84 Å². The first-order chi connectivity index (χ1) is 12.4. The van der Waals surface area contributed by atoms with E-state index in [1.54, 1.807) is 6.20 Å². The number of anilines is 1. The quantitative estimate of drug-likeness (QED) is 0.460. The predicted octanol–water partition coefficient (Wildman–Crippen LogP) is 3.38. The Morgan fingerprint density at radius 2 is 2.23 bits per heavy atom. The summed E-state index contributed by atoms with van der Waals surface area (Å²) in [6.07, 6.45) is 5.58. The Balaban J connectivity index is 1.95. The Morgan fingerprint density at radius 1 is 1.46 bits per heavy atom. The standard InChI is InChI=1S/C17H19ClN4O4/c1-11-8-19-21(9-11)12-4-3-5-20(10-12)15-7-14(18)13(17(23)26-2)6-16(15)22(24)25/h6-9,12H,3-5,10H2,1-2H3. The van der Waals surface area contributed by atoms with E-state index >= 15 is 0 Å². The van der Waals surface area contributed by atoms with E-state index in [1.165, 1.54) is 19.2 Å². The van der Waals surface area contributed by atoms with Crippen LogP contribution in [0.15, 0.2) is 24.5 Å². The van der Waals surface area contributed by atoms with Crippen molar-refractivity contribution in [1.29, 1.82) is 0 Å². The zero-order chi connectivity index (χ0) is 18.8. The van der Waals surface area contributed by atoms with Crippen LogP contribution in [-0.2, 0) is 4.74 Å². The minimum atomic E-state index is -0.701. The number of nitrogens with zero attached hydrogens (tertiary/aromatic N) is 4. The molecular formula is C17H19ClN4O4. The molecule has 0 amide bonds. The molecule has 1 fully saturated rings. The molecule has 1 unspecified atom stereocenters. The number of ether oxygens (including phenoxy) is 1. The van der Waals surface area contributed by atoms with Gasteiger partial charge in [-0.15, -0.1) is 0 Å². The first-order valence-corrected chi connectivity index (χ1v) is 8.60. The highest BCUT2D eigenvalue weighted by Gasteiger charge is 2.29. The van der Waals surface area contributed by atoms with Crippen molar-refractivity contribution >= 4 is 28.9 Å². The zero-order valence-corrected chi connectivity index (χ0v) is 15.3. The summed E-state index contributed by atoms with van der Waals surface area (Å²) in [6.45, 7) is 3.22. The number of hydrogen-bond acceptors (Lipinski definition) is 6. The number of benzene rings is 1. The van der Waals surface area contributed by atoms with Crippen molar-refractivity contribution in [2.75, 3.05) is 25.1 Å². The summed E-state index contributed by atoms with van der Waals surface area (Å²) in [5.74, 6) is -0.701. The molecule has 0 bridgehead atoms. The highest BCUT2D eigenvalue weighted by molar-refractivity contribution is 6.34. The molecule has 138 valence electrons. The molecule has 1 aromatic heterocycles. The number of methoxy groups -OCH3 is 1. The van der Waals surface area contributed by atoms with Crippen LogP contribution in [0.25, 0.3) is 0 Å². The van der Waals surface area contributed by atoms with Crippen LogP contribution in [0.2, 0.25) is 5.02 Å². The second-order valence-electron chi connectivity index (χ2n) is 6.31. The summed E-state index contributed by atoms with van der Waals surface area (Å²) < 4.78 is 6.54. The molecule has 1 atom stereocenters. The minimum absolute atomic E-state index is 0.0131. The molecule has 0 spiro atoms. The summed E-state index contributed by atoms with van der Waals surface area (Å²) in [6, 6.07) is 2.78. The van der Waals surface area contributed by atoms with Crippen molar-refractivity contribution in [3.63, 3.8) is 0 Å². The molecule has 2 heterocycles. The van der Waals surface area contributed by atoms with Gasteiger partial charge in [-0.3, -0.25) is 14.8 Å². The second kappa shape index (κ2) is 7.33. The molecule has 8 nitrogen and oxygen atoms in total. The van der Waals surface area contributed by atoms with Gasteiger partial charge in [0, 0.05) is 25.4 Å². The molecule has 0 aliphatic carbocycles. The fourth-order valence-corrected chi connectivity index (χ4v) is 3.47. The van der Waals surface area contributed by atoms with Gasteiger partial charge >= 0.3 is 5.97 Å². The Bertz CT molecular complexity index is 851. The average Bonchev–Trinajstić information content (AvgIpc) is 3.07. The van der Waals surface area contributed by atoms with Crippen LogP contribution in [0.1, 0.15) is 34.8 Å². The topological polar surface area (TPSA) is 90.5 Å². The van der Waals surface area contributed by atoms with Crippen LogP contribution >= 0.6 is 11.6 Å². The highest BCUT2D eigenvalue weighted by Crippen LogP contribution is 2.37. The molecule has 0 saturated carbocycles. The molecule has 9 heteroatoms. The smallest absolute Gasteiger partial charge is 0.339 e. The summed E-state index contributed by atoms with van der Waals surface area (Å²) in [4.78, 5) is 24.8. The Labute approximate surface area is 155 Å². The molecule has 3 rings (SSSR count). The predicted molar refractivity (Wildman–Crippen MR) is 96.9 cm³/mol. The fourth-order valence-electron chi connectivity index (χ4n) is 3.24. The summed E-state index contributed by atoms with van der Waals surface area (Å²) in [5.41, 5.74) is 1.30. The van der Waals surface area contributed by atoms with Crippen LogP contribution in [0.3, 0.4) is 0 Å². The number of halogens is 1. The first-order valence-electron chi connectivity index (χ1n) is 8.22. The van der Waals surface area contributed by atoms with Gasteiger partial charge in [0.05, 0.1) is 34.9 Å². The monoisotopic (exact) mass is 378 g/mol. The van der Waals surface area contributed by atoms with Crippen LogP contribution in [0.5, 0.6) is 0 Å². The van der Waals surface area contributed by atoms with Gasteiger partial charge in [-0.05, 0) is 31.4 Å². The van der Waals surface area contributed by atoms with Crippen LogP contribution in [0, 0.1) is 17.0 Å². The molecule has 1 saturated heterocycles. The zero-order valence-electron chi connectivity index (χ0n) is 14.5. The molecule has 1 aromatic carbocycles. The number of hydrogen-bond donors (Lipinski definition) is 0. The van der Waals surface area contributed by atoms with E-state index in [9.17, 15) is 14.9 Å². The van der Waals surface area contributed by atoms with Gasteiger partial charge in [0.1, 0.15) is 5.69 Å². The minimum Gasteiger partial charge on any atom is -0.465 e. The van der Waals surface area contributed by atoms with Gasteiger partial charge in [-0.2, -0.15) is 5.10 Å². The van der Waals surface area contributed by atoms with E-state index in [-0.39, 0.29) is 22.3 Å². The van der Waals surface area contributed by atoms with Crippen molar-refractivity contribution in [2.24, 2.45) is 0 Å². The van der Waals surface area contributed by atoms with Crippen molar-refractivity contribution in [3.05, 3.63) is 50.8 Å². The number of piperidine rings is 1. The molecule has 0 N–H and O–H groups in total. The average molecular weight is 379 g/mol. The van der Waals surface area contributed by atoms with Crippen molar-refractivity contribution < 1.29 is 14.5 Å². The molecule has 2 aromatic rings. The molecule has 1 aliphatic heterocycles. The van der Waals surface area contributed by atoms with E-state index in [4.69, 9.17) is 11.6 Å². The van der Waals surface area contributed by atoms with Gasteiger partial charge in [-0.1, -0.05) is 11.6 Å². The maximum atomic E-state index is 11.8. The largest absolute Gasteiger partial charge is 0.465 e. The van der Waals surface area contributed by atoms with E-state index in [0.717, 1.165) is 18.4 Å². The number of nitro benzene ring substituents is 1. The normalized spacial score (nSPS) is 17.2. The summed E-state index contributed by atoms with van der Waals surface area (Å²) >= 11 is 6.19. The third-order valence-corrected chi connectivity index (χ3v) is 4.82. The number of carbonyl (C=O) groups is 1. The number of aryl methyl sites for hydroxylation is 1. The van der Waals surface area contributed by atoms with Gasteiger partial charge in [-0.25, -0.2) is 4.79 Å². The number of nitro groups is 1. The molecular weight excluding hydrogens is 360 g/mol. The van der Waals surface area contributed by atoms with Gasteiger partial charge < -0.3 is 9.64 Å². The van der Waals surface area contributed by atoms with Crippen LogP contribution < -0.4 is 4.90 Å². The molecule has 1 aliphatic rings.